The highest BCUT2D eigenvalue weighted by molar-refractivity contribution is 7.79. The van der Waals surface area contributed by atoms with E-state index >= 15 is 0 Å². The molecule has 1 saturated carbocycles. The molecular formula is C23H46N4O19S. The number of aliphatic hydroxyl groups excluding tert-OH is 9. The summed E-state index contributed by atoms with van der Waals surface area (Å²) in [4.78, 5) is 0. The molecule has 19 N–H and O–H groups in total. The molecule has 47 heavy (non-hydrogen) atoms. The Morgan fingerprint density at radius 2 is 1.04 bits per heavy atom. The average Bonchev–Trinajstić information content (AvgIpc) is 3.30. The van der Waals surface area contributed by atoms with Gasteiger partial charge in [0.25, 0.3) is 0 Å². The first-order valence-corrected chi connectivity index (χ1v) is 15.8. The summed E-state index contributed by atoms with van der Waals surface area (Å²) < 4.78 is 65.6. The van der Waals surface area contributed by atoms with Gasteiger partial charge in [0.2, 0.25) is 0 Å². The van der Waals surface area contributed by atoms with Crippen molar-refractivity contribution in [3.05, 3.63) is 0 Å². The van der Waals surface area contributed by atoms with Crippen molar-refractivity contribution in [2.75, 3.05) is 19.8 Å². The number of nitrogens with two attached hydrogens (primary N) is 4. The van der Waals surface area contributed by atoms with Gasteiger partial charge in [-0.25, -0.2) is 0 Å². The fourth-order valence-electron chi connectivity index (χ4n) is 5.65. The highest BCUT2D eigenvalue weighted by atomic mass is 32.3. The third-order valence-corrected chi connectivity index (χ3v) is 8.24. The van der Waals surface area contributed by atoms with Crippen LogP contribution in [-0.4, -0.2) is 200 Å². The molecule has 3 heterocycles. The molecule has 3 aliphatic heterocycles. The Morgan fingerprint density at radius 1 is 0.574 bits per heavy atom. The molecule has 24 heteroatoms. The van der Waals surface area contributed by atoms with Gasteiger partial charge >= 0.3 is 10.4 Å². The average molecular weight is 715 g/mol. The predicted molar refractivity (Wildman–Crippen MR) is 149 cm³/mol. The van der Waals surface area contributed by atoms with Crippen molar-refractivity contribution in [2.45, 2.75) is 123 Å². The predicted octanol–water partition coefficient (Wildman–Crippen LogP) is -9.48. The standard InChI is InChI=1S/C23H44N4O15.H2O4S/c24-2-7-12(31)15(34)16(35)22(37-7)41-19-9(4-29)39-23(17(19)36)42-20-11(30)5(25)1-6(26)18(20)40-21-10(27)14(33)13(32)8(3-28)38-21;1-5(2,3)4/h5-23,28-36H,1-4,24-27H2;(H2,1,2,3,4)/t5-,6+,7+,8-,9-,10-,11+,12-,13-,14-,15+,16-,17-,18-,19?,20-,21-,22-,23+;/m1./s1. The molecule has 278 valence electrons. The van der Waals surface area contributed by atoms with E-state index in [1.54, 1.807) is 0 Å². The lowest BCUT2D eigenvalue weighted by molar-refractivity contribution is -0.314. The van der Waals surface area contributed by atoms with Gasteiger partial charge in [-0.2, -0.15) is 8.42 Å². The van der Waals surface area contributed by atoms with Gasteiger partial charge in [0.1, 0.15) is 73.2 Å². The van der Waals surface area contributed by atoms with Gasteiger partial charge < -0.3 is 97.3 Å². The molecule has 19 atom stereocenters. The van der Waals surface area contributed by atoms with Crippen LogP contribution in [0.3, 0.4) is 0 Å². The summed E-state index contributed by atoms with van der Waals surface area (Å²) >= 11 is 0. The van der Waals surface area contributed by atoms with Crippen LogP contribution in [0, 0.1) is 0 Å². The third kappa shape index (κ3) is 9.67. The maximum atomic E-state index is 11.1. The smallest absolute Gasteiger partial charge is 0.394 e. The van der Waals surface area contributed by atoms with Crippen LogP contribution in [0.5, 0.6) is 0 Å². The van der Waals surface area contributed by atoms with Crippen molar-refractivity contribution >= 4 is 10.4 Å². The minimum atomic E-state index is -4.67. The summed E-state index contributed by atoms with van der Waals surface area (Å²) in [6, 6.07) is -3.09. The van der Waals surface area contributed by atoms with Crippen LogP contribution in [0.2, 0.25) is 0 Å². The van der Waals surface area contributed by atoms with Gasteiger partial charge in [0.15, 0.2) is 18.9 Å². The number of rotatable bonds is 9. The molecular weight excluding hydrogens is 668 g/mol. The van der Waals surface area contributed by atoms with Crippen molar-refractivity contribution < 1.29 is 91.9 Å². The van der Waals surface area contributed by atoms with Gasteiger partial charge in [-0.15, -0.1) is 0 Å². The first kappa shape index (κ1) is 40.5. The molecule has 1 unspecified atom stereocenters. The van der Waals surface area contributed by atoms with Gasteiger partial charge in [-0.05, 0) is 6.42 Å². The van der Waals surface area contributed by atoms with Crippen LogP contribution >= 0.6 is 0 Å². The van der Waals surface area contributed by atoms with Crippen molar-refractivity contribution in [3.8, 4) is 0 Å². The molecule has 0 amide bonds. The molecule has 1 aliphatic carbocycles. The van der Waals surface area contributed by atoms with E-state index in [2.05, 4.69) is 0 Å². The van der Waals surface area contributed by atoms with Crippen molar-refractivity contribution in [2.24, 2.45) is 22.9 Å². The molecule has 0 aromatic heterocycles. The maximum Gasteiger partial charge on any atom is 0.394 e. The van der Waals surface area contributed by atoms with Gasteiger partial charge in [-0.1, -0.05) is 0 Å². The summed E-state index contributed by atoms with van der Waals surface area (Å²) in [6.45, 7) is -1.59. The fraction of sp³-hybridized carbons (Fsp3) is 1.00. The lowest BCUT2D eigenvalue weighted by Crippen LogP contribution is -2.68. The number of hydrogen-bond acceptors (Lipinski definition) is 21. The third-order valence-electron chi connectivity index (χ3n) is 8.24. The number of aliphatic hydroxyl groups is 9. The minimum absolute atomic E-state index is 0.0503. The highest BCUT2D eigenvalue weighted by Gasteiger charge is 2.54. The van der Waals surface area contributed by atoms with Crippen LogP contribution in [0.25, 0.3) is 0 Å². The summed E-state index contributed by atoms with van der Waals surface area (Å²) in [6.07, 6.45) is -23.3. The van der Waals surface area contributed by atoms with E-state index in [4.69, 9.17) is 68.9 Å². The van der Waals surface area contributed by atoms with E-state index < -0.39 is 140 Å². The number of hydrogen-bond donors (Lipinski definition) is 15. The molecule has 0 aromatic carbocycles. The molecule has 3 saturated heterocycles. The first-order valence-electron chi connectivity index (χ1n) is 14.4. The van der Waals surface area contributed by atoms with Crippen LogP contribution in [0.4, 0.5) is 0 Å². The zero-order valence-electron chi connectivity index (χ0n) is 24.7. The molecule has 0 bridgehead atoms. The van der Waals surface area contributed by atoms with E-state index in [-0.39, 0.29) is 13.0 Å². The first-order chi connectivity index (χ1) is 21.8. The maximum absolute atomic E-state index is 11.1. The van der Waals surface area contributed by atoms with Crippen molar-refractivity contribution in [1.82, 2.24) is 0 Å². The SMILES string of the molecule is NC[C@@H]1O[C@H](OC2[C@@H](O)[C@H](O[C@@H]3[C@@H](O)[C@H](N)C[C@H](N)[C@H]3O[C@H]3O[C@H](CO)[C@@H](O)[C@H](O)[C@H]3N)O[C@@H]2CO)[C@H](O)[C@@H](O)[C@@H]1O.O=S(=O)(O)O. The van der Waals surface area contributed by atoms with Crippen molar-refractivity contribution in [1.29, 1.82) is 0 Å². The Balaban J connectivity index is 0.00000111. The van der Waals surface area contributed by atoms with Crippen LogP contribution in [0.15, 0.2) is 0 Å². The highest BCUT2D eigenvalue weighted by Crippen LogP contribution is 2.34. The Morgan fingerprint density at radius 3 is 1.60 bits per heavy atom. The molecule has 0 aromatic rings. The van der Waals surface area contributed by atoms with Gasteiger partial charge in [-0.3, -0.25) is 9.11 Å². The largest absolute Gasteiger partial charge is 0.394 e. The second-order valence-corrected chi connectivity index (χ2v) is 12.5. The Kier molecular flexibility index (Phi) is 14.6. The monoisotopic (exact) mass is 714 g/mol. The Bertz CT molecular complexity index is 1070. The molecule has 23 nitrogen and oxygen atoms in total. The summed E-state index contributed by atoms with van der Waals surface area (Å²) in [7, 11) is -4.67. The lowest BCUT2D eigenvalue weighted by atomic mass is 9.84. The second-order valence-electron chi connectivity index (χ2n) is 11.6. The van der Waals surface area contributed by atoms with E-state index in [9.17, 15) is 46.0 Å². The lowest BCUT2D eigenvalue weighted by Gasteiger charge is -2.47. The molecule has 0 radical (unpaired) electrons. The van der Waals surface area contributed by atoms with E-state index in [1.807, 2.05) is 0 Å². The van der Waals surface area contributed by atoms with Gasteiger partial charge in [0.05, 0.1) is 25.4 Å². The molecule has 4 rings (SSSR count). The number of ether oxygens (including phenoxy) is 6. The van der Waals surface area contributed by atoms with Crippen LogP contribution < -0.4 is 22.9 Å². The van der Waals surface area contributed by atoms with Gasteiger partial charge in [0, 0.05) is 18.6 Å². The molecule has 4 aliphatic rings. The normalized spacial score (nSPS) is 49.3. The van der Waals surface area contributed by atoms with E-state index in [1.165, 1.54) is 0 Å². The van der Waals surface area contributed by atoms with Crippen LogP contribution in [0.1, 0.15) is 6.42 Å². The summed E-state index contributed by atoms with van der Waals surface area (Å²) in [5.74, 6) is 0. The van der Waals surface area contributed by atoms with Crippen LogP contribution in [-0.2, 0) is 38.8 Å². The van der Waals surface area contributed by atoms with E-state index in [0.717, 1.165) is 0 Å². The fourth-order valence-corrected chi connectivity index (χ4v) is 5.65. The van der Waals surface area contributed by atoms with E-state index in [0.29, 0.717) is 0 Å². The zero-order valence-corrected chi connectivity index (χ0v) is 25.5. The molecule has 4 fully saturated rings. The summed E-state index contributed by atoms with van der Waals surface area (Å²) in [5, 5.41) is 92.4. The Hall–Kier alpha value is -0.890. The zero-order chi connectivity index (χ0) is 35.5. The summed E-state index contributed by atoms with van der Waals surface area (Å²) in [5.41, 5.74) is 23.9. The van der Waals surface area contributed by atoms with Crippen molar-refractivity contribution in [3.63, 3.8) is 0 Å². The minimum Gasteiger partial charge on any atom is -0.394 e. The molecule has 0 spiro atoms. The quantitative estimate of drug-likeness (QED) is 0.0985. The second kappa shape index (κ2) is 16.9. The Labute approximate surface area is 268 Å². The topological polar surface area (TPSA) is 416 Å².